The quantitative estimate of drug-likeness (QED) is 0.948. The van der Waals surface area contributed by atoms with Crippen LogP contribution in [0.5, 0.6) is 0 Å². The maximum absolute atomic E-state index is 10.2. The Morgan fingerprint density at radius 2 is 2.24 bits per heavy atom. The molecule has 4 nitrogen and oxygen atoms in total. The van der Waals surface area contributed by atoms with Gasteiger partial charge in [0.2, 0.25) is 0 Å². The first kappa shape index (κ1) is 12.4. The summed E-state index contributed by atoms with van der Waals surface area (Å²) in [7, 11) is 1.88. The van der Waals surface area contributed by atoms with Crippen molar-refractivity contribution in [3.05, 3.63) is 39.5 Å². The SMILES string of the molecule is Cc1nn(C)c(CC(O)c2ccoc2C)c1Br. The van der Waals surface area contributed by atoms with E-state index < -0.39 is 6.10 Å². The molecule has 0 bridgehead atoms. The summed E-state index contributed by atoms with van der Waals surface area (Å²) < 4.78 is 7.94. The van der Waals surface area contributed by atoms with Gasteiger partial charge in [0.1, 0.15) is 5.76 Å². The van der Waals surface area contributed by atoms with Gasteiger partial charge in [0, 0.05) is 19.0 Å². The molecule has 2 aromatic rings. The van der Waals surface area contributed by atoms with Gasteiger partial charge >= 0.3 is 0 Å². The molecule has 0 fully saturated rings. The molecule has 0 amide bonds. The summed E-state index contributed by atoms with van der Waals surface area (Å²) >= 11 is 3.49. The molecule has 0 aliphatic carbocycles. The lowest BCUT2D eigenvalue weighted by molar-refractivity contribution is 0.173. The molecule has 0 aromatic carbocycles. The molecular weight excluding hydrogens is 284 g/mol. The Balaban J connectivity index is 2.24. The monoisotopic (exact) mass is 298 g/mol. The van der Waals surface area contributed by atoms with E-state index in [1.54, 1.807) is 17.0 Å². The molecule has 2 rings (SSSR count). The maximum atomic E-state index is 10.2. The third kappa shape index (κ3) is 2.30. The third-order valence-electron chi connectivity index (χ3n) is 2.91. The zero-order valence-corrected chi connectivity index (χ0v) is 11.7. The molecule has 1 atom stereocenters. The second-order valence-corrected chi connectivity index (χ2v) is 4.91. The van der Waals surface area contributed by atoms with E-state index in [1.165, 1.54) is 0 Å². The average Bonchev–Trinajstić information content (AvgIpc) is 2.78. The molecule has 5 heteroatoms. The lowest BCUT2D eigenvalue weighted by Gasteiger charge is -2.10. The molecule has 0 saturated heterocycles. The van der Waals surface area contributed by atoms with Crippen LogP contribution < -0.4 is 0 Å². The van der Waals surface area contributed by atoms with Gasteiger partial charge in [0.25, 0.3) is 0 Å². The number of halogens is 1. The fraction of sp³-hybridized carbons (Fsp3) is 0.417. The molecule has 92 valence electrons. The Labute approximate surface area is 108 Å². The number of hydrogen-bond acceptors (Lipinski definition) is 3. The van der Waals surface area contributed by atoms with Crippen LogP contribution in [0.2, 0.25) is 0 Å². The highest BCUT2D eigenvalue weighted by atomic mass is 79.9. The highest BCUT2D eigenvalue weighted by Crippen LogP contribution is 2.27. The predicted octanol–water partition coefficient (Wildman–Crippen LogP) is 2.67. The van der Waals surface area contributed by atoms with Crippen molar-refractivity contribution in [1.82, 2.24) is 9.78 Å². The number of aryl methyl sites for hydroxylation is 3. The number of rotatable bonds is 3. The van der Waals surface area contributed by atoms with Crippen LogP contribution in [0.25, 0.3) is 0 Å². The first-order valence-electron chi connectivity index (χ1n) is 5.40. The molecular formula is C12H15BrN2O2. The van der Waals surface area contributed by atoms with Crippen LogP contribution in [0.3, 0.4) is 0 Å². The van der Waals surface area contributed by atoms with Gasteiger partial charge in [-0.15, -0.1) is 0 Å². The summed E-state index contributed by atoms with van der Waals surface area (Å²) in [4.78, 5) is 0. The highest BCUT2D eigenvalue weighted by molar-refractivity contribution is 9.10. The number of aliphatic hydroxyl groups excluding tert-OH is 1. The molecule has 0 saturated carbocycles. The molecule has 0 spiro atoms. The van der Waals surface area contributed by atoms with Crippen molar-refractivity contribution in [2.24, 2.45) is 7.05 Å². The molecule has 0 aliphatic rings. The molecule has 2 aromatic heterocycles. The second-order valence-electron chi connectivity index (χ2n) is 4.12. The number of hydrogen-bond donors (Lipinski definition) is 1. The van der Waals surface area contributed by atoms with Crippen molar-refractivity contribution in [3.63, 3.8) is 0 Å². The summed E-state index contributed by atoms with van der Waals surface area (Å²) in [6.45, 7) is 3.78. The molecule has 1 N–H and O–H groups in total. The lowest BCUT2D eigenvalue weighted by atomic mass is 10.1. The van der Waals surface area contributed by atoms with Gasteiger partial charge in [-0.05, 0) is 35.8 Å². The lowest BCUT2D eigenvalue weighted by Crippen LogP contribution is -2.07. The molecule has 17 heavy (non-hydrogen) atoms. The smallest absolute Gasteiger partial charge is 0.106 e. The van der Waals surface area contributed by atoms with Crippen molar-refractivity contribution in [3.8, 4) is 0 Å². The Kier molecular flexibility index (Phi) is 3.40. The first-order valence-corrected chi connectivity index (χ1v) is 6.20. The number of aliphatic hydroxyl groups is 1. The van der Waals surface area contributed by atoms with Crippen molar-refractivity contribution in [2.75, 3.05) is 0 Å². The standard InChI is InChI=1S/C12H15BrN2O2/c1-7-12(13)10(15(3)14-7)6-11(16)9-4-5-17-8(9)2/h4-5,11,16H,6H2,1-3H3. The van der Waals surface area contributed by atoms with Crippen LogP contribution >= 0.6 is 15.9 Å². The van der Waals surface area contributed by atoms with Crippen LogP contribution in [0.4, 0.5) is 0 Å². The maximum Gasteiger partial charge on any atom is 0.106 e. The summed E-state index contributed by atoms with van der Waals surface area (Å²) in [5.74, 6) is 0.757. The molecule has 0 radical (unpaired) electrons. The van der Waals surface area contributed by atoms with E-state index in [0.29, 0.717) is 6.42 Å². The van der Waals surface area contributed by atoms with E-state index in [9.17, 15) is 5.11 Å². The van der Waals surface area contributed by atoms with Crippen molar-refractivity contribution in [2.45, 2.75) is 26.4 Å². The zero-order valence-electron chi connectivity index (χ0n) is 10.1. The van der Waals surface area contributed by atoms with Crippen LogP contribution in [-0.4, -0.2) is 14.9 Å². The van der Waals surface area contributed by atoms with E-state index in [0.717, 1.165) is 27.2 Å². The Morgan fingerprint density at radius 1 is 1.53 bits per heavy atom. The first-order chi connectivity index (χ1) is 8.00. The second kappa shape index (κ2) is 4.66. The minimum absolute atomic E-state index is 0.512. The third-order valence-corrected chi connectivity index (χ3v) is 3.94. The van der Waals surface area contributed by atoms with Crippen molar-refractivity contribution >= 4 is 15.9 Å². The minimum Gasteiger partial charge on any atom is -0.469 e. The average molecular weight is 299 g/mol. The zero-order chi connectivity index (χ0) is 12.6. The summed E-state index contributed by atoms with van der Waals surface area (Å²) in [5, 5.41) is 14.5. The van der Waals surface area contributed by atoms with Gasteiger partial charge in [-0.2, -0.15) is 5.10 Å². The fourth-order valence-corrected chi connectivity index (χ4v) is 2.43. The largest absolute Gasteiger partial charge is 0.469 e. The van der Waals surface area contributed by atoms with Gasteiger partial charge in [-0.25, -0.2) is 0 Å². The van der Waals surface area contributed by atoms with Gasteiger partial charge in [0.15, 0.2) is 0 Å². The van der Waals surface area contributed by atoms with Crippen LogP contribution in [0, 0.1) is 13.8 Å². The van der Waals surface area contributed by atoms with E-state index in [1.807, 2.05) is 20.9 Å². The Morgan fingerprint density at radius 3 is 2.71 bits per heavy atom. The Bertz CT molecular complexity index is 531. The van der Waals surface area contributed by atoms with E-state index in [-0.39, 0.29) is 0 Å². The van der Waals surface area contributed by atoms with E-state index in [2.05, 4.69) is 21.0 Å². The highest BCUT2D eigenvalue weighted by Gasteiger charge is 2.18. The topological polar surface area (TPSA) is 51.2 Å². The molecule has 1 unspecified atom stereocenters. The van der Waals surface area contributed by atoms with Crippen LogP contribution in [0.15, 0.2) is 21.2 Å². The normalized spacial score (nSPS) is 13.0. The van der Waals surface area contributed by atoms with Gasteiger partial charge in [-0.1, -0.05) is 0 Å². The van der Waals surface area contributed by atoms with E-state index in [4.69, 9.17) is 4.42 Å². The minimum atomic E-state index is -0.570. The van der Waals surface area contributed by atoms with Crippen molar-refractivity contribution in [1.29, 1.82) is 0 Å². The summed E-state index contributed by atoms with van der Waals surface area (Å²) in [6, 6.07) is 1.80. The molecule has 0 aliphatic heterocycles. The summed E-state index contributed by atoms with van der Waals surface area (Å²) in [6.07, 6.45) is 1.54. The van der Waals surface area contributed by atoms with Gasteiger partial charge in [0.05, 0.1) is 28.2 Å². The van der Waals surface area contributed by atoms with Crippen LogP contribution in [0.1, 0.15) is 28.8 Å². The van der Waals surface area contributed by atoms with Gasteiger partial charge in [-0.3, -0.25) is 4.68 Å². The fourth-order valence-electron chi connectivity index (χ4n) is 1.94. The Hall–Kier alpha value is -1.07. The molecule has 2 heterocycles. The predicted molar refractivity (Wildman–Crippen MR) is 67.8 cm³/mol. The number of nitrogens with zero attached hydrogens (tertiary/aromatic N) is 2. The van der Waals surface area contributed by atoms with Crippen LogP contribution in [-0.2, 0) is 13.5 Å². The van der Waals surface area contributed by atoms with Gasteiger partial charge < -0.3 is 9.52 Å². The van der Waals surface area contributed by atoms with Crippen molar-refractivity contribution < 1.29 is 9.52 Å². The van der Waals surface area contributed by atoms with E-state index >= 15 is 0 Å². The summed E-state index contributed by atoms with van der Waals surface area (Å²) in [5.41, 5.74) is 2.74. The number of aromatic nitrogens is 2. The number of furan rings is 1.